The number of alkyl halides is 1. The Balaban J connectivity index is 2.06. The Hall–Kier alpha value is -1.02. The predicted molar refractivity (Wildman–Crippen MR) is 80.9 cm³/mol. The zero-order valence-corrected chi connectivity index (χ0v) is 12.5. The number of imidazole rings is 1. The number of aromatic nitrogens is 2. The molecule has 0 saturated heterocycles. The number of rotatable bonds is 4. The van der Waals surface area contributed by atoms with Gasteiger partial charge in [0.2, 0.25) is 0 Å². The molecule has 19 heavy (non-hydrogen) atoms. The summed E-state index contributed by atoms with van der Waals surface area (Å²) < 4.78 is 2.41. The summed E-state index contributed by atoms with van der Waals surface area (Å²) in [5, 5.41) is 0. The summed E-state index contributed by atoms with van der Waals surface area (Å²) in [5.41, 5.74) is 4.13. The third-order valence-electron chi connectivity index (χ3n) is 4.40. The lowest BCUT2D eigenvalue weighted by atomic mass is 9.70. The molecule has 1 aromatic heterocycles. The van der Waals surface area contributed by atoms with Crippen LogP contribution in [0.3, 0.4) is 0 Å². The number of nitrogens with zero attached hydrogens (tertiary/aromatic N) is 2. The lowest BCUT2D eigenvalue weighted by Crippen LogP contribution is -2.31. The van der Waals surface area contributed by atoms with Crippen LogP contribution in [0.15, 0.2) is 18.2 Å². The van der Waals surface area contributed by atoms with E-state index < -0.39 is 0 Å². The van der Waals surface area contributed by atoms with Crippen LogP contribution >= 0.6 is 11.6 Å². The first-order chi connectivity index (χ1) is 9.11. The van der Waals surface area contributed by atoms with E-state index in [1.54, 1.807) is 0 Å². The van der Waals surface area contributed by atoms with E-state index in [1.165, 1.54) is 30.3 Å². The molecule has 0 amide bonds. The summed E-state index contributed by atoms with van der Waals surface area (Å²) in [7, 11) is 0. The summed E-state index contributed by atoms with van der Waals surface area (Å²) in [6.07, 6.45) is 4.88. The first-order valence-corrected chi connectivity index (χ1v) is 7.66. The maximum atomic E-state index is 5.93. The van der Waals surface area contributed by atoms with Gasteiger partial charge >= 0.3 is 0 Å². The lowest BCUT2D eigenvalue weighted by molar-refractivity contribution is 0.132. The molecule has 2 aromatic rings. The molecule has 1 aliphatic rings. The summed E-state index contributed by atoms with van der Waals surface area (Å²) in [6, 6.07) is 6.51. The molecule has 3 heteroatoms. The molecular weight excluding hydrogens is 256 g/mol. The van der Waals surface area contributed by atoms with Crippen molar-refractivity contribution in [1.82, 2.24) is 9.55 Å². The second-order valence-corrected chi connectivity index (χ2v) is 6.59. The van der Waals surface area contributed by atoms with E-state index >= 15 is 0 Å². The normalized spacial score (nSPS) is 17.6. The highest BCUT2D eigenvalue weighted by Crippen LogP contribution is 2.42. The predicted octanol–water partition coefficient (Wildman–Crippen LogP) is 4.32. The molecule has 1 aromatic carbocycles. The van der Waals surface area contributed by atoms with Crippen LogP contribution in [0.25, 0.3) is 11.0 Å². The maximum Gasteiger partial charge on any atom is 0.111 e. The number of fused-ring (bicyclic) bond motifs is 1. The molecule has 0 radical (unpaired) electrons. The molecule has 0 spiro atoms. The largest absolute Gasteiger partial charge is 0.327 e. The Morgan fingerprint density at radius 1 is 1.37 bits per heavy atom. The SMILES string of the molecule is Cc1ccc2nc(CCCl)n(CC3(C)CCC3)c2c1. The van der Waals surface area contributed by atoms with Gasteiger partial charge in [-0.05, 0) is 42.9 Å². The van der Waals surface area contributed by atoms with Crippen LogP contribution in [0.4, 0.5) is 0 Å². The van der Waals surface area contributed by atoms with Gasteiger partial charge in [-0.1, -0.05) is 19.4 Å². The van der Waals surface area contributed by atoms with Gasteiger partial charge in [0, 0.05) is 18.8 Å². The molecule has 2 nitrogen and oxygen atoms in total. The minimum absolute atomic E-state index is 0.457. The minimum Gasteiger partial charge on any atom is -0.327 e. The van der Waals surface area contributed by atoms with Gasteiger partial charge in [-0.3, -0.25) is 0 Å². The zero-order chi connectivity index (χ0) is 13.5. The van der Waals surface area contributed by atoms with Gasteiger partial charge in [-0.15, -0.1) is 11.6 Å². The van der Waals surface area contributed by atoms with Crippen molar-refractivity contribution in [2.45, 2.75) is 46.1 Å². The van der Waals surface area contributed by atoms with E-state index in [0.717, 1.165) is 24.3 Å². The lowest BCUT2D eigenvalue weighted by Gasteiger charge is -2.39. The first kappa shape index (κ1) is 13.0. The second-order valence-electron chi connectivity index (χ2n) is 6.21. The molecular formula is C16H21ClN2. The van der Waals surface area contributed by atoms with Gasteiger partial charge in [0.15, 0.2) is 0 Å². The second kappa shape index (κ2) is 4.82. The maximum absolute atomic E-state index is 5.93. The minimum atomic E-state index is 0.457. The number of benzene rings is 1. The molecule has 3 rings (SSSR count). The topological polar surface area (TPSA) is 17.8 Å². The molecule has 0 atom stereocenters. The van der Waals surface area contributed by atoms with Crippen molar-refractivity contribution in [2.75, 3.05) is 5.88 Å². The van der Waals surface area contributed by atoms with Gasteiger partial charge in [0.25, 0.3) is 0 Å². The highest BCUT2D eigenvalue weighted by Gasteiger charge is 2.33. The van der Waals surface area contributed by atoms with Crippen LogP contribution in [-0.2, 0) is 13.0 Å². The zero-order valence-electron chi connectivity index (χ0n) is 11.7. The standard InChI is InChI=1S/C16H21ClN2/c1-12-4-5-13-14(10-12)19(15(18-13)6-9-17)11-16(2)7-3-8-16/h4-5,10H,3,6-9,11H2,1-2H3. The summed E-state index contributed by atoms with van der Waals surface area (Å²) in [6.45, 7) is 5.62. The molecule has 0 unspecified atom stereocenters. The van der Waals surface area contributed by atoms with Crippen LogP contribution in [0, 0.1) is 12.3 Å². The Morgan fingerprint density at radius 3 is 2.79 bits per heavy atom. The quantitative estimate of drug-likeness (QED) is 0.761. The molecule has 1 saturated carbocycles. The van der Waals surface area contributed by atoms with E-state index in [-0.39, 0.29) is 0 Å². The summed E-state index contributed by atoms with van der Waals surface area (Å²) >= 11 is 5.93. The van der Waals surface area contributed by atoms with Crippen molar-refractivity contribution >= 4 is 22.6 Å². The van der Waals surface area contributed by atoms with Crippen LogP contribution in [-0.4, -0.2) is 15.4 Å². The summed E-state index contributed by atoms with van der Waals surface area (Å²) in [5.74, 6) is 1.78. The van der Waals surface area contributed by atoms with Crippen molar-refractivity contribution < 1.29 is 0 Å². The highest BCUT2D eigenvalue weighted by atomic mass is 35.5. The van der Waals surface area contributed by atoms with E-state index in [9.17, 15) is 0 Å². The third-order valence-corrected chi connectivity index (χ3v) is 4.59. The number of hydrogen-bond donors (Lipinski definition) is 0. The molecule has 0 bridgehead atoms. The van der Waals surface area contributed by atoms with Crippen molar-refractivity contribution in [3.05, 3.63) is 29.6 Å². The Labute approximate surface area is 119 Å². The molecule has 1 heterocycles. The van der Waals surface area contributed by atoms with Crippen LogP contribution in [0.1, 0.15) is 37.6 Å². The number of aryl methyl sites for hydroxylation is 2. The van der Waals surface area contributed by atoms with Crippen LogP contribution in [0.5, 0.6) is 0 Å². The molecule has 0 aliphatic heterocycles. The molecule has 102 valence electrons. The van der Waals surface area contributed by atoms with Crippen molar-refractivity contribution in [1.29, 1.82) is 0 Å². The van der Waals surface area contributed by atoms with E-state index in [2.05, 4.69) is 36.6 Å². The summed E-state index contributed by atoms with van der Waals surface area (Å²) in [4.78, 5) is 4.76. The Bertz CT molecular complexity index is 596. The van der Waals surface area contributed by atoms with Crippen molar-refractivity contribution in [2.24, 2.45) is 5.41 Å². The smallest absolute Gasteiger partial charge is 0.111 e. The Kier molecular flexibility index (Phi) is 3.30. The molecule has 1 aliphatic carbocycles. The average molecular weight is 277 g/mol. The number of halogens is 1. The highest BCUT2D eigenvalue weighted by molar-refractivity contribution is 6.17. The third kappa shape index (κ3) is 2.38. The fourth-order valence-corrected chi connectivity index (χ4v) is 3.22. The van der Waals surface area contributed by atoms with Gasteiger partial charge in [-0.2, -0.15) is 0 Å². The first-order valence-electron chi connectivity index (χ1n) is 7.13. The number of hydrogen-bond acceptors (Lipinski definition) is 1. The fourth-order valence-electron chi connectivity index (χ4n) is 3.05. The van der Waals surface area contributed by atoms with Gasteiger partial charge in [0.1, 0.15) is 5.82 Å². The Morgan fingerprint density at radius 2 is 2.16 bits per heavy atom. The van der Waals surface area contributed by atoms with Gasteiger partial charge in [0.05, 0.1) is 11.0 Å². The van der Waals surface area contributed by atoms with E-state index in [4.69, 9.17) is 16.6 Å². The van der Waals surface area contributed by atoms with Crippen molar-refractivity contribution in [3.8, 4) is 0 Å². The average Bonchev–Trinajstić information content (AvgIpc) is 2.66. The van der Waals surface area contributed by atoms with E-state index in [1.807, 2.05) is 0 Å². The van der Waals surface area contributed by atoms with Gasteiger partial charge < -0.3 is 4.57 Å². The molecule has 0 N–H and O–H groups in total. The van der Waals surface area contributed by atoms with E-state index in [0.29, 0.717) is 11.3 Å². The van der Waals surface area contributed by atoms with Crippen molar-refractivity contribution in [3.63, 3.8) is 0 Å². The van der Waals surface area contributed by atoms with Crippen LogP contribution < -0.4 is 0 Å². The van der Waals surface area contributed by atoms with Crippen LogP contribution in [0.2, 0.25) is 0 Å². The fraction of sp³-hybridized carbons (Fsp3) is 0.562. The van der Waals surface area contributed by atoms with Gasteiger partial charge in [-0.25, -0.2) is 4.98 Å². The molecule has 1 fully saturated rings. The monoisotopic (exact) mass is 276 g/mol.